The Labute approximate surface area is 112 Å². The van der Waals surface area contributed by atoms with Crippen LogP contribution in [0.1, 0.15) is 12.0 Å². The first-order valence-corrected chi connectivity index (χ1v) is 6.31. The maximum absolute atomic E-state index is 11.9. The third kappa shape index (κ3) is 3.24. The number of rotatable bonds is 4. The predicted octanol–water partition coefficient (Wildman–Crippen LogP) is 1.41. The van der Waals surface area contributed by atoms with Gasteiger partial charge in [-0.05, 0) is 12.0 Å². The number of hydrogen-bond acceptors (Lipinski definition) is 4. The molecule has 1 aliphatic rings. The van der Waals surface area contributed by atoms with Crippen molar-refractivity contribution >= 4 is 6.09 Å². The van der Waals surface area contributed by atoms with Crippen LogP contribution in [0.2, 0.25) is 0 Å². The molecule has 104 valence electrons. The molecule has 2 rings (SSSR count). The van der Waals surface area contributed by atoms with Crippen molar-refractivity contribution in [2.24, 2.45) is 0 Å². The molecule has 0 aliphatic carbocycles. The molecule has 0 saturated carbocycles. The summed E-state index contributed by atoms with van der Waals surface area (Å²) in [6.07, 6.45) is 0.261. The molecule has 1 aliphatic heterocycles. The van der Waals surface area contributed by atoms with Crippen molar-refractivity contribution in [3.63, 3.8) is 0 Å². The second-order valence-electron chi connectivity index (χ2n) is 4.76. The van der Waals surface area contributed by atoms with Crippen LogP contribution in [0.4, 0.5) is 4.79 Å². The molecule has 1 amide bonds. The molecule has 0 radical (unpaired) electrons. The van der Waals surface area contributed by atoms with E-state index in [2.05, 4.69) is 0 Å². The average Bonchev–Trinajstić information content (AvgIpc) is 2.91. The molecule has 0 bridgehead atoms. The highest BCUT2D eigenvalue weighted by Crippen LogP contribution is 2.24. The minimum atomic E-state index is -0.633. The van der Waals surface area contributed by atoms with E-state index in [0.29, 0.717) is 19.5 Å². The summed E-state index contributed by atoms with van der Waals surface area (Å²) < 4.78 is 10.5. The Kier molecular flexibility index (Phi) is 4.39. The molecule has 1 aromatic rings. The minimum absolute atomic E-state index is 0.0913. The summed E-state index contributed by atoms with van der Waals surface area (Å²) in [4.78, 5) is 13.5. The smallest absolute Gasteiger partial charge is 0.410 e. The Bertz CT molecular complexity index is 417. The Morgan fingerprint density at radius 1 is 1.42 bits per heavy atom. The molecule has 5 heteroatoms. The second kappa shape index (κ2) is 6.04. The summed E-state index contributed by atoms with van der Waals surface area (Å²) in [6.45, 7) is 1.08. The van der Waals surface area contributed by atoms with E-state index in [9.17, 15) is 9.90 Å². The van der Waals surface area contributed by atoms with E-state index in [1.807, 2.05) is 30.3 Å². The largest absolute Gasteiger partial charge is 0.445 e. The van der Waals surface area contributed by atoms with Gasteiger partial charge in [-0.1, -0.05) is 30.3 Å². The van der Waals surface area contributed by atoms with Gasteiger partial charge in [-0.15, -0.1) is 0 Å². The maximum Gasteiger partial charge on any atom is 0.410 e. The number of nitrogens with zero attached hydrogens (tertiary/aromatic N) is 1. The van der Waals surface area contributed by atoms with E-state index in [1.54, 1.807) is 12.0 Å². The number of benzene rings is 1. The van der Waals surface area contributed by atoms with Crippen molar-refractivity contribution in [3.05, 3.63) is 35.9 Å². The first-order valence-electron chi connectivity index (χ1n) is 6.31. The van der Waals surface area contributed by atoms with Gasteiger partial charge in [0.15, 0.2) is 0 Å². The fraction of sp³-hybridized carbons (Fsp3) is 0.500. The molecule has 19 heavy (non-hydrogen) atoms. The zero-order valence-corrected chi connectivity index (χ0v) is 11.0. The normalized spacial score (nSPS) is 22.5. The van der Waals surface area contributed by atoms with Gasteiger partial charge in [0, 0.05) is 13.7 Å². The number of carbonyl (C=O) groups excluding carboxylic acids is 1. The van der Waals surface area contributed by atoms with Gasteiger partial charge < -0.3 is 19.5 Å². The minimum Gasteiger partial charge on any atom is -0.445 e. The standard InChI is InChI=1S/C14H19NO4/c1-18-14(11-16)7-8-15(10-14)13(17)19-9-12-5-3-2-4-6-12/h2-6,16H,7-11H2,1H3/t14-/m0/s1. The van der Waals surface area contributed by atoms with Crippen LogP contribution in [0.5, 0.6) is 0 Å². The molecule has 5 nitrogen and oxygen atoms in total. The molecule has 1 heterocycles. The predicted molar refractivity (Wildman–Crippen MR) is 69.6 cm³/mol. The lowest BCUT2D eigenvalue weighted by atomic mass is 10.1. The van der Waals surface area contributed by atoms with Crippen molar-refractivity contribution < 1.29 is 19.4 Å². The molecule has 1 atom stereocenters. The van der Waals surface area contributed by atoms with Crippen LogP contribution in [-0.2, 0) is 16.1 Å². The summed E-state index contributed by atoms with van der Waals surface area (Å²) in [7, 11) is 1.55. The van der Waals surface area contributed by atoms with Crippen LogP contribution in [0.25, 0.3) is 0 Å². The Hall–Kier alpha value is -1.59. The van der Waals surface area contributed by atoms with Gasteiger partial charge in [0.05, 0.1) is 13.2 Å². The first-order chi connectivity index (χ1) is 9.19. The van der Waals surface area contributed by atoms with Gasteiger partial charge in [-0.2, -0.15) is 0 Å². The van der Waals surface area contributed by atoms with E-state index >= 15 is 0 Å². The van der Waals surface area contributed by atoms with E-state index in [0.717, 1.165) is 5.56 Å². The zero-order valence-electron chi connectivity index (χ0n) is 11.0. The van der Waals surface area contributed by atoms with E-state index in [4.69, 9.17) is 9.47 Å². The monoisotopic (exact) mass is 265 g/mol. The SMILES string of the molecule is CO[C@@]1(CO)CCN(C(=O)OCc2ccccc2)C1. The van der Waals surface area contributed by atoms with Crippen molar-refractivity contribution in [2.45, 2.75) is 18.6 Å². The highest BCUT2D eigenvalue weighted by molar-refractivity contribution is 5.68. The maximum atomic E-state index is 11.9. The third-order valence-corrected chi connectivity index (χ3v) is 3.50. The number of likely N-dealkylation sites (tertiary alicyclic amines) is 1. The molecule has 0 aromatic heterocycles. The molecule has 0 spiro atoms. The lowest BCUT2D eigenvalue weighted by molar-refractivity contribution is -0.0426. The Morgan fingerprint density at radius 3 is 2.74 bits per heavy atom. The van der Waals surface area contributed by atoms with E-state index < -0.39 is 5.60 Å². The van der Waals surface area contributed by atoms with Crippen molar-refractivity contribution in [1.82, 2.24) is 4.90 Å². The van der Waals surface area contributed by atoms with Crippen LogP contribution in [0.3, 0.4) is 0 Å². The zero-order chi connectivity index (χ0) is 13.7. The van der Waals surface area contributed by atoms with Gasteiger partial charge in [0.25, 0.3) is 0 Å². The number of aliphatic hydroxyl groups is 1. The van der Waals surface area contributed by atoms with Crippen molar-refractivity contribution in [1.29, 1.82) is 0 Å². The van der Waals surface area contributed by atoms with Crippen LogP contribution in [-0.4, -0.2) is 48.5 Å². The first kappa shape index (κ1) is 13.8. The van der Waals surface area contributed by atoms with Crippen LogP contribution < -0.4 is 0 Å². The summed E-state index contributed by atoms with van der Waals surface area (Å²) in [5.74, 6) is 0. The van der Waals surface area contributed by atoms with E-state index in [-0.39, 0.29) is 19.3 Å². The number of amides is 1. The lowest BCUT2D eigenvalue weighted by Crippen LogP contribution is -2.40. The third-order valence-electron chi connectivity index (χ3n) is 3.50. The van der Waals surface area contributed by atoms with Crippen LogP contribution >= 0.6 is 0 Å². The molecule has 1 saturated heterocycles. The number of aliphatic hydroxyl groups excluding tert-OH is 1. The van der Waals surface area contributed by atoms with Gasteiger partial charge in [-0.3, -0.25) is 0 Å². The topological polar surface area (TPSA) is 59.0 Å². The van der Waals surface area contributed by atoms with Gasteiger partial charge in [0.2, 0.25) is 0 Å². The molecule has 1 fully saturated rings. The quantitative estimate of drug-likeness (QED) is 0.894. The van der Waals surface area contributed by atoms with Crippen molar-refractivity contribution in [3.8, 4) is 0 Å². The molecule has 1 N–H and O–H groups in total. The highest BCUT2D eigenvalue weighted by Gasteiger charge is 2.40. The summed E-state index contributed by atoms with van der Waals surface area (Å²) >= 11 is 0. The average molecular weight is 265 g/mol. The fourth-order valence-electron chi connectivity index (χ4n) is 2.17. The molecule has 0 unspecified atom stereocenters. The fourth-order valence-corrected chi connectivity index (χ4v) is 2.17. The Morgan fingerprint density at radius 2 is 2.16 bits per heavy atom. The van der Waals surface area contributed by atoms with Gasteiger partial charge >= 0.3 is 6.09 Å². The van der Waals surface area contributed by atoms with Gasteiger partial charge in [-0.25, -0.2) is 4.79 Å². The number of carbonyl (C=O) groups is 1. The van der Waals surface area contributed by atoms with Crippen LogP contribution in [0, 0.1) is 0 Å². The van der Waals surface area contributed by atoms with Crippen LogP contribution in [0.15, 0.2) is 30.3 Å². The molecular weight excluding hydrogens is 246 g/mol. The summed E-state index contributed by atoms with van der Waals surface area (Å²) in [5.41, 5.74) is 0.321. The second-order valence-corrected chi connectivity index (χ2v) is 4.76. The number of methoxy groups -OCH3 is 1. The number of ether oxygens (including phenoxy) is 2. The number of hydrogen-bond donors (Lipinski definition) is 1. The summed E-state index contributed by atoms with van der Waals surface area (Å²) in [6, 6.07) is 9.54. The van der Waals surface area contributed by atoms with Gasteiger partial charge in [0.1, 0.15) is 12.2 Å². The lowest BCUT2D eigenvalue weighted by Gasteiger charge is -2.25. The van der Waals surface area contributed by atoms with E-state index in [1.165, 1.54) is 0 Å². The molecular formula is C14H19NO4. The van der Waals surface area contributed by atoms with Crippen molar-refractivity contribution in [2.75, 3.05) is 26.8 Å². The summed E-state index contributed by atoms with van der Waals surface area (Å²) in [5, 5.41) is 9.32. The Balaban J connectivity index is 1.85. The molecule has 1 aromatic carbocycles. The highest BCUT2D eigenvalue weighted by atomic mass is 16.6.